The topological polar surface area (TPSA) is 20.2 Å². The minimum atomic E-state index is -0.000449. The van der Waals surface area contributed by atoms with Gasteiger partial charge in [0, 0.05) is 0 Å². The Morgan fingerprint density at radius 1 is 1.00 bits per heavy atom. The van der Waals surface area contributed by atoms with Gasteiger partial charge in [0.15, 0.2) is 0 Å². The van der Waals surface area contributed by atoms with Crippen LogP contribution in [0.4, 0.5) is 0 Å². The molecule has 0 aromatic heterocycles. The molecule has 0 heterocycles. The van der Waals surface area contributed by atoms with Crippen molar-refractivity contribution in [1.29, 1.82) is 0 Å². The fraction of sp³-hybridized carbons (Fsp3) is 0.818. The third-order valence-corrected chi connectivity index (χ3v) is 3.48. The van der Waals surface area contributed by atoms with Crippen LogP contribution in [-0.4, -0.2) is 11.2 Å². The Balaban J connectivity index is 2.00. The first kappa shape index (κ1) is 8.31. The molecule has 2 unspecified atom stereocenters. The molecule has 0 aromatic carbocycles. The van der Waals surface area contributed by atoms with Gasteiger partial charge in [0.05, 0.1) is 6.10 Å². The summed E-state index contributed by atoms with van der Waals surface area (Å²) < 4.78 is 0. The van der Waals surface area contributed by atoms with E-state index >= 15 is 0 Å². The summed E-state index contributed by atoms with van der Waals surface area (Å²) in [6, 6.07) is 0. The number of hydrogen-bond donors (Lipinski definition) is 1. The van der Waals surface area contributed by atoms with E-state index in [-0.39, 0.29) is 6.10 Å². The molecule has 1 heteroatoms. The van der Waals surface area contributed by atoms with E-state index in [1.54, 1.807) is 0 Å². The fourth-order valence-electron chi connectivity index (χ4n) is 3.06. The van der Waals surface area contributed by atoms with Gasteiger partial charge < -0.3 is 5.11 Å². The van der Waals surface area contributed by atoms with Crippen molar-refractivity contribution in [3.63, 3.8) is 0 Å². The number of allylic oxidation sites excluding steroid dienone is 1. The Kier molecular flexibility index (Phi) is 2.22. The molecule has 0 amide bonds. The average Bonchev–Trinajstić information content (AvgIpc) is 2.02. The smallest absolute Gasteiger partial charge is 0.0545 e. The molecule has 2 aliphatic carbocycles. The summed E-state index contributed by atoms with van der Waals surface area (Å²) in [5, 5.41) is 9.55. The van der Waals surface area contributed by atoms with E-state index in [2.05, 4.69) is 12.7 Å². The van der Waals surface area contributed by atoms with Crippen LogP contribution in [0.1, 0.15) is 32.1 Å². The highest BCUT2D eigenvalue weighted by molar-refractivity contribution is 4.92. The van der Waals surface area contributed by atoms with E-state index in [0.717, 1.165) is 30.6 Å². The molecule has 0 aromatic rings. The van der Waals surface area contributed by atoms with Crippen LogP contribution in [0.3, 0.4) is 0 Å². The Labute approximate surface area is 74.5 Å². The van der Waals surface area contributed by atoms with Gasteiger partial charge in [-0.1, -0.05) is 6.08 Å². The second kappa shape index (κ2) is 3.21. The van der Waals surface area contributed by atoms with Crippen LogP contribution >= 0.6 is 0 Å². The van der Waals surface area contributed by atoms with E-state index in [4.69, 9.17) is 0 Å². The zero-order valence-corrected chi connectivity index (χ0v) is 7.58. The number of aliphatic hydroxyl groups excluding tert-OH is 1. The molecule has 68 valence electrons. The van der Waals surface area contributed by atoms with Crippen molar-refractivity contribution in [2.75, 3.05) is 0 Å². The lowest BCUT2D eigenvalue weighted by Gasteiger charge is -2.40. The minimum Gasteiger partial charge on any atom is -0.393 e. The number of fused-ring (bicyclic) bond motifs is 2. The lowest BCUT2D eigenvalue weighted by Crippen LogP contribution is -2.32. The zero-order valence-electron chi connectivity index (χ0n) is 7.58. The molecular formula is C11H18O. The van der Waals surface area contributed by atoms with Gasteiger partial charge >= 0.3 is 0 Å². The van der Waals surface area contributed by atoms with Crippen molar-refractivity contribution in [2.24, 2.45) is 17.8 Å². The summed E-state index contributed by atoms with van der Waals surface area (Å²) >= 11 is 0. The molecule has 0 saturated heterocycles. The number of hydrogen-bond acceptors (Lipinski definition) is 1. The van der Waals surface area contributed by atoms with Gasteiger partial charge in [-0.3, -0.25) is 0 Å². The average molecular weight is 166 g/mol. The highest BCUT2D eigenvalue weighted by atomic mass is 16.3. The normalized spacial score (nSPS) is 47.1. The highest BCUT2D eigenvalue weighted by Crippen LogP contribution is 2.42. The molecule has 0 aliphatic heterocycles. The molecule has 2 fully saturated rings. The summed E-state index contributed by atoms with van der Waals surface area (Å²) in [7, 11) is 0. The van der Waals surface area contributed by atoms with Gasteiger partial charge in [0.2, 0.25) is 0 Å². The van der Waals surface area contributed by atoms with Gasteiger partial charge in [-0.2, -0.15) is 0 Å². The second-order valence-corrected chi connectivity index (χ2v) is 4.56. The molecule has 1 nitrogen and oxygen atoms in total. The zero-order chi connectivity index (χ0) is 8.55. The van der Waals surface area contributed by atoms with E-state index in [1.807, 2.05) is 0 Å². The molecule has 0 spiro atoms. The van der Waals surface area contributed by atoms with E-state index < -0.39 is 0 Å². The maximum atomic E-state index is 9.55. The first-order chi connectivity index (χ1) is 5.78. The van der Waals surface area contributed by atoms with Crippen LogP contribution in [0.15, 0.2) is 12.7 Å². The molecule has 2 aliphatic rings. The summed E-state index contributed by atoms with van der Waals surface area (Å²) in [6.07, 6.45) is 8.10. The van der Waals surface area contributed by atoms with E-state index in [1.165, 1.54) is 19.3 Å². The van der Waals surface area contributed by atoms with Crippen molar-refractivity contribution in [1.82, 2.24) is 0 Å². The Morgan fingerprint density at radius 2 is 1.58 bits per heavy atom. The highest BCUT2D eigenvalue weighted by Gasteiger charge is 2.34. The summed E-state index contributed by atoms with van der Waals surface area (Å²) in [4.78, 5) is 0. The first-order valence-corrected chi connectivity index (χ1v) is 5.08. The largest absolute Gasteiger partial charge is 0.393 e. The van der Waals surface area contributed by atoms with Gasteiger partial charge in [0.1, 0.15) is 0 Å². The maximum absolute atomic E-state index is 9.55. The van der Waals surface area contributed by atoms with Crippen molar-refractivity contribution in [2.45, 2.75) is 38.2 Å². The molecule has 2 bridgehead atoms. The van der Waals surface area contributed by atoms with Gasteiger partial charge in [0.25, 0.3) is 0 Å². The third-order valence-electron chi connectivity index (χ3n) is 3.48. The van der Waals surface area contributed by atoms with Crippen molar-refractivity contribution < 1.29 is 5.11 Å². The SMILES string of the molecule is C=CC1C[C@H]2CC(O)C[C@@H](C1)C2. The third kappa shape index (κ3) is 1.56. The van der Waals surface area contributed by atoms with Gasteiger partial charge in [-0.25, -0.2) is 0 Å². The van der Waals surface area contributed by atoms with Crippen molar-refractivity contribution in [3.8, 4) is 0 Å². The number of rotatable bonds is 1. The molecule has 1 N–H and O–H groups in total. The molecule has 2 rings (SSSR count). The predicted molar refractivity (Wildman–Crippen MR) is 49.8 cm³/mol. The summed E-state index contributed by atoms with van der Waals surface area (Å²) in [6.45, 7) is 3.87. The first-order valence-electron chi connectivity index (χ1n) is 5.08. The van der Waals surface area contributed by atoms with Crippen LogP contribution in [-0.2, 0) is 0 Å². The fourth-order valence-corrected chi connectivity index (χ4v) is 3.06. The van der Waals surface area contributed by atoms with Crippen LogP contribution < -0.4 is 0 Å². The van der Waals surface area contributed by atoms with Crippen molar-refractivity contribution in [3.05, 3.63) is 12.7 Å². The standard InChI is InChI=1S/C11H18O/c1-2-8-3-9-5-10(4-8)7-11(12)6-9/h2,8-12H,1,3-7H2/t8?,9-,10+,11?. The Morgan fingerprint density at radius 3 is 2.08 bits per heavy atom. The molecule has 2 saturated carbocycles. The molecule has 0 radical (unpaired) electrons. The second-order valence-electron chi connectivity index (χ2n) is 4.56. The van der Waals surface area contributed by atoms with E-state index in [0.29, 0.717) is 0 Å². The minimum absolute atomic E-state index is 0.000449. The van der Waals surface area contributed by atoms with Gasteiger partial charge in [-0.05, 0) is 49.9 Å². The molecule has 4 atom stereocenters. The van der Waals surface area contributed by atoms with Crippen LogP contribution in [0.25, 0.3) is 0 Å². The van der Waals surface area contributed by atoms with Crippen LogP contribution in [0.5, 0.6) is 0 Å². The summed E-state index contributed by atoms with van der Waals surface area (Å²) in [5.74, 6) is 2.31. The monoisotopic (exact) mass is 166 g/mol. The quantitative estimate of drug-likeness (QED) is 0.593. The van der Waals surface area contributed by atoms with Crippen LogP contribution in [0.2, 0.25) is 0 Å². The number of aliphatic hydroxyl groups is 1. The van der Waals surface area contributed by atoms with E-state index in [9.17, 15) is 5.11 Å². The predicted octanol–water partition coefficient (Wildman–Crippen LogP) is 2.36. The maximum Gasteiger partial charge on any atom is 0.0545 e. The Hall–Kier alpha value is -0.300. The van der Waals surface area contributed by atoms with Crippen LogP contribution in [0, 0.1) is 17.8 Å². The Bertz CT molecular complexity index is 158. The van der Waals surface area contributed by atoms with Crippen molar-refractivity contribution >= 4 is 0 Å². The molecule has 12 heavy (non-hydrogen) atoms. The lowest BCUT2D eigenvalue weighted by atomic mass is 9.67. The summed E-state index contributed by atoms with van der Waals surface area (Å²) in [5.41, 5.74) is 0. The molecular weight excluding hydrogens is 148 g/mol. The lowest BCUT2D eigenvalue weighted by molar-refractivity contribution is 0.0346. The van der Waals surface area contributed by atoms with Gasteiger partial charge in [-0.15, -0.1) is 6.58 Å².